The SMILES string of the molecule is CC(Nc1ccc(Br)c(Cl)c1)c1ccccc1Br. The first kappa shape index (κ1) is 13.9. The minimum absolute atomic E-state index is 0.206. The molecular weight excluding hydrogens is 377 g/mol. The van der Waals surface area contributed by atoms with Gasteiger partial charge in [-0.3, -0.25) is 0 Å². The van der Waals surface area contributed by atoms with Crippen molar-refractivity contribution in [1.29, 1.82) is 0 Å². The second-order valence-corrected chi connectivity index (χ2v) is 6.13. The van der Waals surface area contributed by atoms with Crippen LogP contribution in [-0.4, -0.2) is 0 Å². The predicted molar refractivity (Wildman–Crippen MR) is 85.3 cm³/mol. The number of halogens is 3. The normalized spacial score (nSPS) is 12.2. The maximum atomic E-state index is 6.08. The Morgan fingerprint density at radius 3 is 2.44 bits per heavy atom. The molecule has 0 amide bonds. The van der Waals surface area contributed by atoms with E-state index in [2.05, 4.69) is 50.2 Å². The molecule has 4 heteroatoms. The maximum absolute atomic E-state index is 6.08. The molecule has 0 fully saturated rings. The Morgan fingerprint density at radius 1 is 1.06 bits per heavy atom. The lowest BCUT2D eigenvalue weighted by Gasteiger charge is -2.17. The Hall–Kier alpha value is -0.510. The smallest absolute Gasteiger partial charge is 0.0568 e. The fraction of sp³-hybridized carbons (Fsp3) is 0.143. The van der Waals surface area contributed by atoms with Crippen molar-refractivity contribution in [1.82, 2.24) is 0 Å². The zero-order chi connectivity index (χ0) is 13.1. The average molecular weight is 390 g/mol. The van der Waals surface area contributed by atoms with Gasteiger partial charge in [0.25, 0.3) is 0 Å². The molecule has 0 saturated carbocycles. The number of anilines is 1. The van der Waals surface area contributed by atoms with Gasteiger partial charge in [0.2, 0.25) is 0 Å². The molecule has 1 N–H and O–H groups in total. The Morgan fingerprint density at radius 2 is 1.78 bits per heavy atom. The standard InChI is InChI=1S/C14H12Br2ClN/c1-9(11-4-2-3-5-12(11)15)18-10-6-7-13(16)14(17)8-10/h2-9,18H,1H3. The lowest BCUT2D eigenvalue weighted by molar-refractivity contribution is 0.879. The minimum atomic E-state index is 0.206. The summed E-state index contributed by atoms with van der Waals surface area (Å²) in [5.41, 5.74) is 2.22. The van der Waals surface area contributed by atoms with Crippen molar-refractivity contribution in [3.8, 4) is 0 Å². The number of nitrogens with one attached hydrogen (secondary N) is 1. The predicted octanol–water partition coefficient (Wildman–Crippen LogP) is 6.04. The summed E-state index contributed by atoms with van der Waals surface area (Å²) in [5.74, 6) is 0. The highest BCUT2D eigenvalue weighted by atomic mass is 79.9. The quantitative estimate of drug-likeness (QED) is 0.675. The van der Waals surface area contributed by atoms with Crippen LogP contribution in [0.25, 0.3) is 0 Å². The fourth-order valence-corrected chi connectivity index (χ4v) is 2.80. The van der Waals surface area contributed by atoms with Crippen LogP contribution in [0.15, 0.2) is 51.4 Å². The highest BCUT2D eigenvalue weighted by Gasteiger charge is 2.09. The number of hydrogen-bond donors (Lipinski definition) is 1. The van der Waals surface area contributed by atoms with Crippen LogP contribution in [-0.2, 0) is 0 Å². The topological polar surface area (TPSA) is 12.0 Å². The molecule has 0 aromatic heterocycles. The van der Waals surface area contributed by atoms with Crippen LogP contribution in [0.4, 0.5) is 5.69 Å². The third kappa shape index (κ3) is 3.28. The summed E-state index contributed by atoms with van der Waals surface area (Å²) < 4.78 is 2.01. The van der Waals surface area contributed by atoms with Crippen LogP contribution in [0.3, 0.4) is 0 Å². The zero-order valence-corrected chi connectivity index (χ0v) is 13.7. The third-order valence-electron chi connectivity index (χ3n) is 2.67. The van der Waals surface area contributed by atoms with Gasteiger partial charge in [-0.15, -0.1) is 0 Å². The van der Waals surface area contributed by atoms with Gasteiger partial charge < -0.3 is 5.32 Å². The van der Waals surface area contributed by atoms with Gasteiger partial charge >= 0.3 is 0 Å². The summed E-state index contributed by atoms with van der Waals surface area (Å²) >= 11 is 13.0. The molecule has 0 aliphatic rings. The Bertz CT molecular complexity index is 557. The maximum Gasteiger partial charge on any atom is 0.0568 e. The van der Waals surface area contributed by atoms with E-state index in [0.29, 0.717) is 5.02 Å². The molecule has 2 aromatic rings. The zero-order valence-electron chi connectivity index (χ0n) is 9.75. The molecule has 0 radical (unpaired) electrons. The Labute approximate surface area is 129 Å². The first-order valence-corrected chi connectivity index (χ1v) is 7.50. The molecule has 1 unspecified atom stereocenters. The van der Waals surface area contributed by atoms with Crippen molar-refractivity contribution in [2.24, 2.45) is 0 Å². The summed E-state index contributed by atoms with van der Waals surface area (Å²) in [6.45, 7) is 2.12. The van der Waals surface area contributed by atoms with E-state index in [1.165, 1.54) is 5.56 Å². The van der Waals surface area contributed by atoms with Gasteiger partial charge in [0.05, 0.1) is 5.02 Å². The summed E-state index contributed by atoms with van der Waals surface area (Å²) in [7, 11) is 0. The highest BCUT2D eigenvalue weighted by Crippen LogP contribution is 2.29. The molecule has 0 saturated heterocycles. The van der Waals surface area contributed by atoms with Gasteiger partial charge in [0.1, 0.15) is 0 Å². The van der Waals surface area contributed by atoms with Crippen molar-refractivity contribution in [2.75, 3.05) is 5.32 Å². The Balaban J connectivity index is 2.19. The van der Waals surface area contributed by atoms with Crippen molar-refractivity contribution >= 4 is 49.1 Å². The van der Waals surface area contributed by atoms with Gasteiger partial charge in [0, 0.05) is 20.7 Å². The molecule has 18 heavy (non-hydrogen) atoms. The molecule has 0 heterocycles. The van der Waals surface area contributed by atoms with Gasteiger partial charge in [0.15, 0.2) is 0 Å². The van der Waals surface area contributed by atoms with E-state index in [0.717, 1.165) is 14.6 Å². The molecule has 94 valence electrons. The molecular formula is C14H12Br2ClN. The van der Waals surface area contributed by atoms with E-state index in [4.69, 9.17) is 11.6 Å². The van der Waals surface area contributed by atoms with E-state index >= 15 is 0 Å². The van der Waals surface area contributed by atoms with Crippen LogP contribution in [0, 0.1) is 0 Å². The van der Waals surface area contributed by atoms with E-state index in [-0.39, 0.29) is 6.04 Å². The number of hydrogen-bond acceptors (Lipinski definition) is 1. The Kier molecular flexibility index (Phi) is 4.71. The minimum Gasteiger partial charge on any atom is -0.378 e. The number of benzene rings is 2. The molecule has 2 aromatic carbocycles. The monoisotopic (exact) mass is 387 g/mol. The van der Waals surface area contributed by atoms with Gasteiger partial charge in [-0.05, 0) is 52.7 Å². The van der Waals surface area contributed by atoms with Crippen LogP contribution in [0.1, 0.15) is 18.5 Å². The van der Waals surface area contributed by atoms with Crippen LogP contribution < -0.4 is 5.32 Å². The second kappa shape index (κ2) is 6.09. The van der Waals surface area contributed by atoms with Crippen molar-refractivity contribution in [2.45, 2.75) is 13.0 Å². The lowest BCUT2D eigenvalue weighted by atomic mass is 10.1. The first-order valence-electron chi connectivity index (χ1n) is 5.54. The molecule has 0 spiro atoms. The average Bonchev–Trinajstić information content (AvgIpc) is 2.34. The van der Waals surface area contributed by atoms with Crippen LogP contribution in [0.2, 0.25) is 5.02 Å². The largest absolute Gasteiger partial charge is 0.378 e. The van der Waals surface area contributed by atoms with E-state index in [1.54, 1.807) is 0 Å². The van der Waals surface area contributed by atoms with Crippen LogP contribution in [0.5, 0.6) is 0 Å². The van der Waals surface area contributed by atoms with E-state index < -0.39 is 0 Å². The highest BCUT2D eigenvalue weighted by molar-refractivity contribution is 9.10. The molecule has 0 aliphatic heterocycles. The molecule has 0 aliphatic carbocycles. The van der Waals surface area contributed by atoms with E-state index in [9.17, 15) is 0 Å². The molecule has 2 rings (SSSR count). The third-order valence-corrected chi connectivity index (χ3v) is 4.63. The van der Waals surface area contributed by atoms with Gasteiger partial charge in [-0.1, -0.05) is 45.7 Å². The van der Waals surface area contributed by atoms with E-state index in [1.807, 2.05) is 36.4 Å². The van der Waals surface area contributed by atoms with Gasteiger partial charge in [-0.25, -0.2) is 0 Å². The second-order valence-electron chi connectivity index (χ2n) is 4.02. The summed E-state index contributed by atoms with van der Waals surface area (Å²) in [4.78, 5) is 0. The van der Waals surface area contributed by atoms with Crippen LogP contribution >= 0.6 is 43.5 Å². The fourth-order valence-electron chi connectivity index (χ4n) is 1.74. The summed E-state index contributed by atoms with van der Waals surface area (Å²) in [6, 6.07) is 14.3. The van der Waals surface area contributed by atoms with Crippen molar-refractivity contribution < 1.29 is 0 Å². The first-order chi connectivity index (χ1) is 8.58. The molecule has 1 atom stereocenters. The summed E-state index contributed by atoms with van der Waals surface area (Å²) in [5, 5.41) is 4.14. The summed E-state index contributed by atoms with van der Waals surface area (Å²) in [6.07, 6.45) is 0. The number of rotatable bonds is 3. The molecule has 1 nitrogen and oxygen atoms in total. The lowest BCUT2D eigenvalue weighted by Crippen LogP contribution is -2.07. The van der Waals surface area contributed by atoms with Crippen molar-refractivity contribution in [3.05, 3.63) is 62.0 Å². The van der Waals surface area contributed by atoms with Crippen molar-refractivity contribution in [3.63, 3.8) is 0 Å². The molecule has 0 bridgehead atoms. The van der Waals surface area contributed by atoms with Gasteiger partial charge in [-0.2, -0.15) is 0 Å².